The highest BCUT2D eigenvalue weighted by Gasteiger charge is 2.36. The van der Waals surface area contributed by atoms with Crippen molar-refractivity contribution in [3.63, 3.8) is 0 Å². The van der Waals surface area contributed by atoms with Crippen molar-refractivity contribution in [2.24, 2.45) is 23.7 Å². The summed E-state index contributed by atoms with van der Waals surface area (Å²) < 4.78 is 0. The second kappa shape index (κ2) is 7.46. The molecule has 0 aliphatic heterocycles. The van der Waals surface area contributed by atoms with Crippen LogP contribution in [0.1, 0.15) is 40.5 Å². The van der Waals surface area contributed by atoms with Crippen LogP contribution in [-0.4, -0.2) is 35.0 Å². The van der Waals surface area contributed by atoms with Crippen LogP contribution >= 0.6 is 0 Å². The summed E-state index contributed by atoms with van der Waals surface area (Å²) in [6, 6.07) is 0. The Hall–Kier alpha value is -1.32. The van der Waals surface area contributed by atoms with E-state index in [2.05, 4.69) is 27.7 Å². The molecule has 1 aliphatic carbocycles. The highest BCUT2D eigenvalue weighted by molar-refractivity contribution is 5.85. The molecule has 0 heterocycles. The fraction of sp³-hybridized carbons (Fsp3) is 0.750. The molecule has 0 radical (unpaired) electrons. The molecular formula is C16H27NO3. The molecule has 0 saturated carbocycles. The van der Waals surface area contributed by atoms with E-state index in [9.17, 15) is 14.7 Å². The van der Waals surface area contributed by atoms with Crippen LogP contribution in [0.3, 0.4) is 0 Å². The third-order valence-electron chi connectivity index (χ3n) is 3.55. The van der Waals surface area contributed by atoms with Gasteiger partial charge in [-0.2, -0.15) is 0 Å². The number of carboxylic acids is 1. The molecule has 1 amide bonds. The van der Waals surface area contributed by atoms with Gasteiger partial charge in [0.15, 0.2) is 0 Å². The second-order valence-electron chi connectivity index (χ2n) is 6.52. The van der Waals surface area contributed by atoms with Crippen LogP contribution < -0.4 is 0 Å². The fourth-order valence-electron chi connectivity index (χ4n) is 2.73. The normalized spacial score (nSPS) is 22.3. The van der Waals surface area contributed by atoms with E-state index in [1.165, 1.54) is 0 Å². The molecule has 2 atom stereocenters. The Balaban J connectivity index is 2.85. The van der Waals surface area contributed by atoms with Gasteiger partial charge in [-0.3, -0.25) is 9.59 Å². The summed E-state index contributed by atoms with van der Waals surface area (Å²) in [4.78, 5) is 25.9. The number of carboxylic acid groups (broad SMARTS) is 1. The van der Waals surface area contributed by atoms with Crippen molar-refractivity contribution in [1.82, 2.24) is 4.90 Å². The SMILES string of the molecule is CC(C)CN(CC(C)C)C(=O)C1CC=CCC1C(=O)O. The molecule has 0 aromatic carbocycles. The van der Waals surface area contributed by atoms with E-state index in [-0.39, 0.29) is 5.91 Å². The highest BCUT2D eigenvalue weighted by Crippen LogP contribution is 2.28. The third kappa shape index (κ3) is 4.66. The molecule has 0 saturated heterocycles. The van der Waals surface area contributed by atoms with E-state index in [0.717, 1.165) is 0 Å². The number of nitrogens with zero attached hydrogens (tertiary/aromatic N) is 1. The van der Waals surface area contributed by atoms with Gasteiger partial charge in [0.2, 0.25) is 5.91 Å². The van der Waals surface area contributed by atoms with Crippen molar-refractivity contribution in [3.05, 3.63) is 12.2 Å². The molecule has 1 rings (SSSR count). The maximum atomic E-state index is 12.7. The Kier molecular flexibility index (Phi) is 6.24. The first-order chi connectivity index (χ1) is 9.32. The average Bonchev–Trinajstić information content (AvgIpc) is 2.36. The zero-order valence-electron chi connectivity index (χ0n) is 13.0. The van der Waals surface area contributed by atoms with E-state index in [1.807, 2.05) is 17.1 Å². The van der Waals surface area contributed by atoms with E-state index in [0.29, 0.717) is 37.8 Å². The van der Waals surface area contributed by atoms with Crippen LogP contribution in [0.4, 0.5) is 0 Å². The Bertz CT molecular complexity index is 364. The van der Waals surface area contributed by atoms with Crippen molar-refractivity contribution in [2.75, 3.05) is 13.1 Å². The van der Waals surface area contributed by atoms with Crippen molar-refractivity contribution in [3.8, 4) is 0 Å². The van der Waals surface area contributed by atoms with E-state index < -0.39 is 17.8 Å². The lowest BCUT2D eigenvalue weighted by Crippen LogP contribution is -2.44. The van der Waals surface area contributed by atoms with Gasteiger partial charge in [0, 0.05) is 13.1 Å². The number of hydrogen-bond donors (Lipinski definition) is 1. The minimum atomic E-state index is -0.859. The lowest BCUT2D eigenvalue weighted by atomic mass is 9.82. The molecular weight excluding hydrogens is 254 g/mol. The Morgan fingerprint density at radius 1 is 1.05 bits per heavy atom. The second-order valence-corrected chi connectivity index (χ2v) is 6.52. The minimum Gasteiger partial charge on any atom is -0.481 e. The van der Waals surface area contributed by atoms with Gasteiger partial charge in [-0.15, -0.1) is 0 Å². The van der Waals surface area contributed by atoms with Crippen molar-refractivity contribution >= 4 is 11.9 Å². The molecule has 1 aliphatic rings. The first-order valence-electron chi connectivity index (χ1n) is 7.49. The van der Waals surface area contributed by atoms with Crippen LogP contribution in [0.2, 0.25) is 0 Å². The maximum absolute atomic E-state index is 12.7. The zero-order chi connectivity index (χ0) is 15.3. The Morgan fingerprint density at radius 2 is 1.50 bits per heavy atom. The minimum absolute atomic E-state index is 0.00384. The van der Waals surface area contributed by atoms with Gasteiger partial charge in [0.05, 0.1) is 11.8 Å². The molecule has 2 unspecified atom stereocenters. The molecule has 0 aromatic heterocycles. The van der Waals surface area contributed by atoms with Gasteiger partial charge >= 0.3 is 5.97 Å². The summed E-state index contributed by atoms with van der Waals surface area (Å²) in [6.45, 7) is 9.71. The van der Waals surface area contributed by atoms with Crippen LogP contribution in [0.5, 0.6) is 0 Å². The van der Waals surface area contributed by atoms with Crippen LogP contribution in [0, 0.1) is 23.7 Å². The monoisotopic (exact) mass is 281 g/mol. The molecule has 4 nitrogen and oxygen atoms in total. The largest absolute Gasteiger partial charge is 0.481 e. The summed E-state index contributed by atoms with van der Waals surface area (Å²) in [5.41, 5.74) is 0. The number of carbonyl (C=O) groups excluding carboxylic acids is 1. The molecule has 0 aromatic rings. The summed E-state index contributed by atoms with van der Waals surface area (Å²) in [6.07, 6.45) is 4.81. The number of allylic oxidation sites excluding steroid dienone is 2. The lowest BCUT2D eigenvalue weighted by Gasteiger charge is -2.33. The van der Waals surface area contributed by atoms with Gasteiger partial charge in [0.1, 0.15) is 0 Å². The molecule has 20 heavy (non-hydrogen) atoms. The summed E-state index contributed by atoms with van der Waals surface area (Å²) in [5.74, 6) is -1.06. The maximum Gasteiger partial charge on any atom is 0.307 e. The number of rotatable bonds is 6. The zero-order valence-corrected chi connectivity index (χ0v) is 13.0. The van der Waals surface area contributed by atoms with Crippen molar-refractivity contribution in [2.45, 2.75) is 40.5 Å². The summed E-state index contributed by atoms with van der Waals surface area (Å²) in [7, 11) is 0. The quantitative estimate of drug-likeness (QED) is 0.762. The summed E-state index contributed by atoms with van der Waals surface area (Å²) in [5, 5.41) is 9.30. The molecule has 1 N–H and O–H groups in total. The van der Waals surface area contributed by atoms with Gasteiger partial charge < -0.3 is 10.0 Å². The molecule has 114 valence electrons. The number of amides is 1. The number of aliphatic carboxylic acids is 1. The van der Waals surface area contributed by atoms with Crippen LogP contribution in [-0.2, 0) is 9.59 Å². The van der Waals surface area contributed by atoms with Gasteiger partial charge in [-0.1, -0.05) is 39.8 Å². The molecule has 4 heteroatoms. The topological polar surface area (TPSA) is 57.6 Å². The molecule has 0 bridgehead atoms. The van der Waals surface area contributed by atoms with E-state index in [1.54, 1.807) is 0 Å². The first kappa shape index (κ1) is 16.7. The lowest BCUT2D eigenvalue weighted by molar-refractivity contribution is -0.151. The number of hydrogen-bond acceptors (Lipinski definition) is 2. The van der Waals surface area contributed by atoms with Crippen LogP contribution in [0.15, 0.2) is 12.2 Å². The van der Waals surface area contributed by atoms with E-state index >= 15 is 0 Å². The first-order valence-corrected chi connectivity index (χ1v) is 7.49. The highest BCUT2D eigenvalue weighted by atomic mass is 16.4. The van der Waals surface area contributed by atoms with Crippen molar-refractivity contribution in [1.29, 1.82) is 0 Å². The average molecular weight is 281 g/mol. The van der Waals surface area contributed by atoms with Gasteiger partial charge in [0.25, 0.3) is 0 Å². The van der Waals surface area contributed by atoms with Crippen LogP contribution in [0.25, 0.3) is 0 Å². The summed E-state index contributed by atoms with van der Waals surface area (Å²) >= 11 is 0. The predicted molar refractivity (Wildman–Crippen MR) is 79.2 cm³/mol. The standard InChI is InChI=1S/C16H27NO3/c1-11(2)9-17(10-12(3)4)15(18)13-7-5-6-8-14(13)16(19)20/h5-6,11-14H,7-10H2,1-4H3,(H,19,20). The van der Waals surface area contributed by atoms with Crippen molar-refractivity contribution < 1.29 is 14.7 Å². The smallest absolute Gasteiger partial charge is 0.307 e. The Labute approximate surface area is 121 Å². The fourth-order valence-corrected chi connectivity index (χ4v) is 2.73. The third-order valence-corrected chi connectivity index (χ3v) is 3.55. The van der Waals surface area contributed by atoms with E-state index in [4.69, 9.17) is 0 Å². The van der Waals surface area contributed by atoms with Gasteiger partial charge in [-0.25, -0.2) is 0 Å². The predicted octanol–water partition coefficient (Wildman–Crippen LogP) is 2.79. The number of carbonyl (C=O) groups is 2. The van der Waals surface area contributed by atoms with Gasteiger partial charge in [-0.05, 0) is 24.7 Å². The molecule has 0 spiro atoms. The molecule has 0 fully saturated rings. The Morgan fingerprint density at radius 3 is 1.90 bits per heavy atom.